The summed E-state index contributed by atoms with van der Waals surface area (Å²) in [5.74, 6) is 0.0891. The highest BCUT2D eigenvalue weighted by atomic mass is 16.5. The maximum Gasteiger partial charge on any atom is 0.322 e. The highest BCUT2D eigenvalue weighted by Crippen LogP contribution is 2.35. The van der Waals surface area contributed by atoms with E-state index in [4.69, 9.17) is 9.15 Å². The van der Waals surface area contributed by atoms with E-state index >= 15 is 0 Å². The van der Waals surface area contributed by atoms with E-state index in [2.05, 4.69) is 27.9 Å². The number of carbonyl (C=O) groups is 4. The molecule has 3 aliphatic rings. The van der Waals surface area contributed by atoms with E-state index in [1.54, 1.807) is 36.4 Å². The van der Waals surface area contributed by atoms with Crippen LogP contribution in [0.4, 0.5) is 4.79 Å². The van der Waals surface area contributed by atoms with Gasteiger partial charge >= 0.3 is 6.03 Å². The maximum atomic E-state index is 13.2. The van der Waals surface area contributed by atoms with Crippen LogP contribution < -0.4 is 20.7 Å². The number of urea groups is 1. The lowest BCUT2D eigenvalue weighted by Gasteiger charge is -2.29. The van der Waals surface area contributed by atoms with E-state index in [1.807, 2.05) is 6.07 Å². The number of nitrogens with one attached hydrogen (secondary N) is 3. The molecule has 3 aromatic rings. The third-order valence-electron chi connectivity index (χ3n) is 8.16. The quantitative estimate of drug-likeness (QED) is 0.388. The molecule has 1 aromatic heterocycles. The summed E-state index contributed by atoms with van der Waals surface area (Å²) in [4.78, 5) is 55.5. The third kappa shape index (κ3) is 4.56. The van der Waals surface area contributed by atoms with E-state index in [1.165, 1.54) is 12.0 Å². The van der Waals surface area contributed by atoms with Crippen molar-refractivity contribution >= 4 is 34.7 Å². The number of imide groups is 1. The van der Waals surface area contributed by atoms with Gasteiger partial charge in [0.05, 0.1) is 13.7 Å². The van der Waals surface area contributed by atoms with Gasteiger partial charge in [-0.3, -0.25) is 19.7 Å². The molecule has 3 aliphatic heterocycles. The highest BCUT2D eigenvalue weighted by molar-refractivity contribution is 6.08. The van der Waals surface area contributed by atoms with Gasteiger partial charge in [-0.05, 0) is 74.8 Å². The lowest BCUT2D eigenvalue weighted by molar-refractivity contribution is -0.125. The first kappa shape index (κ1) is 25.9. The number of hydrogen-bond acceptors (Lipinski definition) is 7. The van der Waals surface area contributed by atoms with Crippen molar-refractivity contribution in [1.29, 1.82) is 0 Å². The lowest BCUT2D eigenvalue weighted by atomic mass is 9.95. The molecule has 0 spiro atoms. The van der Waals surface area contributed by atoms with Crippen LogP contribution in [0.25, 0.3) is 11.0 Å². The number of likely N-dealkylation sites (tertiary alicyclic amines) is 1. The minimum Gasteiger partial charge on any atom is -0.497 e. The average Bonchev–Trinajstić information content (AvgIpc) is 3.61. The summed E-state index contributed by atoms with van der Waals surface area (Å²) in [6, 6.07) is 11.3. The molecule has 2 saturated heterocycles. The van der Waals surface area contributed by atoms with Crippen molar-refractivity contribution < 1.29 is 28.3 Å². The summed E-state index contributed by atoms with van der Waals surface area (Å²) < 4.78 is 11.4. The molecule has 0 aliphatic carbocycles. The lowest BCUT2D eigenvalue weighted by Crippen LogP contribution is -2.52. The Morgan fingerprint density at radius 3 is 2.65 bits per heavy atom. The molecular formula is C29H31N5O6. The van der Waals surface area contributed by atoms with E-state index in [0.717, 1.165) is 31.5 Å². The van der Waals surface area contributed by atoms with Gasteiger partial charge in [-0.1, -0.05) is 12.1 Å². The molecule has 2 aromatic carbocycles. The summed E-state index contributed by atoms with van der Waals surface area (Å²) in [6.45, 7) is 2.80. The largest absolute Gasteiger partial charge is 0.497 e. The normalized spacial score (nSPS) is 21.4. The molecule has 40 heavy (non-hydrogen) atoms. The third-order valence-corrected chi connectivity index (χ3v) is 8.16. The number of methoxy groups -OCH3 is 1. The monoisotopic (exact) mass is 545 g/mol. The molecule has 6 rings (SSSR count). The van der Waals surface area contributed by atoms with Crippen LogP contribution in [0, 0.1) is 5.92 Å². The zero-order chi connectivity index (χ0) is 28.0. The van der Waals surface area contributed by atoms with Gasteiger partial charge in [-0.15, -0.1) is 0 Å². The maximum absolute atomic E-state index is 13.2. The number of piperidine rings is 1. The predicted octanol–water partition coefficient (Wildman–Crippen LogP) is 2.20. The van der Waals surface area contributed by atoms with Crippen molar-refractivity contribution in [3.63, 3.8) is 0 Å². The van der Waals surface area contributed by atoms with Crippen molar-refractivity contribution in [2.75, 3.05) is 40.3 Å². The molecule has 0 radical (unpaired) electrons. The Labute approximate surface area is 230 Å². The van der Waals surface area contributed by atoms with Crippen LogP contribution in [0.2, 0.25) is 0 Å². The number of ether oxygens (including phenoxy) is 1. The number of benzene rings is 2. The Balaban J connectivity index is 1.24. The Bertz CT molecular complexity index is 1520. The molecule has 11 nitrogen and oxygen atoms in total. The molecular weight excluding hydrogens is 514 g/mol. The number of nitrogens with zero attached hydrogens (tertiary/aromatic N) is 2. The van der Waals surface area contributed by atoms with E-state index < -0.39 is 17.5 Å². The fourth-order valence-electron chi connectivity index (χ4n) is 5.72. The smallest absolute Gasteiger partial charge is 0.322 e. The van der Waals surface area contributed by atoms with Crippen LogP contribution >= 0.6 is 0 Å². The van der Waals surface area contributed by atoms with Gasteiger partial charge in [-0.2, -0.15) is 0 Å². The minimum atomic E-state index is -1.63. The van der Waals surface area contributed by atoms with E-state index in [9.17, 15) is 19.2 Å². The Hall–Kier alpha value is -4.38. The number of fused-ring (bicyclic) bond motifs is 2. The van der Waals surface area contributed by atoms with Gasteiger partial charge in [0.2, 0.25) is 0 Å². The topological polar surface area (TPSA) is 133 Å². The Kier molecular flexibility index (Phi) is 6.46. The summed E-state index contributed by atoms with van der Waals surface area (Å²) in [5, 5.41) is 8.67. The predicted molar refractivity (Wildman–Crippen MR) is 145 cm³/mol. The molecule has 0 bridgehead atoms. The van der Waals surface area contributed by atoms with Gasteiger partial charge in [0.15, 0.2) is 5.54 Å². The van der Waals surface area contributed by atoms with E-state index in [0.29, 0.717) is 40.3 Å². The molecule has 208 valence electrons. The van der Waals surface area contributed by atoms with Crippen LogP contribution in [-0.2, 0) is 16.9 Å². The van der Waals surface area contributed by atoms with Gasteiger partial charge in [0, 0.05) is 29.6 Å². The van der Waals surface area contributed by atoms with Crippen LogP contribution in [0.1, 0.15) is 44.9 Å². The second-order valence-electron chi connectivity index (χ2n) is 10.8. The number of amides is 5. The number of rotatable bonds is 7. The summed E-state index contributed by atoms with van der Waals surface area (Å²) in [5.41, 5.74) is 0.491. The molecule has 2 fully saturated rings. The summed E-state index contributed by atoms with van der Waals surface area (Å²) in [7, 11) is 3.63. The Morgan fingerprint density at radius 1 is 1.12 bits per heavy atom. The van der Waals surface area contributed by atoms with Crippen LogP contribution in [0.3, 0.4) is 0 Å². The van der Waals surface area contributed by atoms with Crippen molar-refractivity contribution in [3.8, 4) is 5.75 Å². The van der Waals surface area contributed by atoms with Crippen LogP contribution in [0.15, 0.2) is 46.9 Å². The standard InChI is InChI=1S/C29H31N5O6/c1-33-9-7-17(8-10-33)14-30-25(35)19-4-3-18-12-24(40-23(18)11-19)29(27(37)31-28(38)32-29)16-34-15-20-5-6-21(39-2)13-22(20)26(34)36/h3-6,11-13,17H,7-10,14-16H2,1-2H3,(H,30,35)(H2,31,32,37,38). The zero-order valence-corrected chi connectivity index (χ0v) is 22.4. The fraction of sp³-hybridized carbons (Fsp3) is 0.379. The SMILES string of the molecule is COc1ccc2c(c1)C(=O)N(CC1(c3cc4ccc(C(=O)NCC5CCN(C)CC5)cc4o3)NC(=O)NC1=O)C2. The molecule has 4 heterocycles. The molecule has 1 atom stereocenters. The number of furan rings is 1. The van der Waals surface area contributed by atoms with Gasteiger partial charge in [0.25, 0.3) is 17.7 Å². The van der Waals surface area contributed by atoms with Gasteiger partial charge in [-0.25, -0.2) is 4.79 Å². The van der Waals surface area contributed by atoms with Crippen molar-refractivity contribution in [2.45, 2.75) is 24.9 Å². The van der Waals surface area contributed by atoms with E-state index in [-0.39, 0.29) is 30.7 Å². The first-order valence-corrected chi connectivity index (χ1v) is 13.4. The van der Waals surface area contributed by atoms with Gasteiger partial charge < -0.3 is 29.6 Å². The van der Waals surface area contributed by atoms with Crippen LogP contribution in [0.5, 0.6) is 5.75 Å². The van der Waals surface area contributed by atoms with Crippen molar-refractivity contribution in [3.05, 3.63) is 64.9 Å². The minimum absolute atomic E-state index is 0.135. The number of hydrogen-bond donors (Lipinski definition) is 3. The van der Waals surface area contributed by atoms with Gasteiger partial charge in [0.1, 0.15) is 17.1 Å². The zero-order valence-electron chi connectivity index (χ0n) is 22.4. The molecule has 5 amide bonds. The average molecular weight is 546 g/mol. The molecule has 11 heteroatoms. The number of carbonyl (C=O) groups excluding carboxylic acids is 4. The Morgan fingerprint density at radius 2 is 1.93 bits per heavy atom. The second-order valence-corrected chi connectivity index (χ2v) is 10.8. The van der Waals surface area contributed by atoms with Crippen molar-refractivity contribution in [1.82, 2.24) is 25.8 Å². The molecule has 0 saturated carbocycles. The van der Waals surface area contributed by atoms with Crippen molar-refractivity contribution in [2.24, 2.45) is 5.92 Å². The molecule has 1 unspecified atom stereocenters. The fourth-order valence-corrected chi connectivity index (χ4v) is 5.72. The first-order valence-electron chi connectivity index (χ1n) is 13.4. The molecule has 3 N–H and O–H groups in total. The first-order chi connectivity index (χ1) is 19.3. The second kappa shape index (κ2) is 9.98. The summed E-state index contributed by atoms with van der Waals surface area (Å²) in [6.07, 6.45) is 2.09. The van der Waals surface area contributed by atoms with Crippen LogP contribution in [-0.4, -0.2) is 73.9 Å². The highest BCUT2D eigenvalue weighted by Gasteiger charge is 2.53. The summed E-state index contributed by atoms with van der Waals surface area (Å²) >= 11 is 0.